The number of fused-ring (bicyclic) bond motifs is 2. The Labute approximate surface area is 244 Å². The normalized spacial score (nSPS) is 21.2. The van der Waals surface area contributed by atoms with Gasteiger partial charge >= 0.3 is 5.97 Å². The van der Waals surface area contributed by atoms with Gasteiger partial charge in [0, 0.05) is 11.1 Å². The number of hydrogen-bond donors (Lipinski definition) is 3. The zero-order valence-electron chi connectivity index (χ0n) is 24.5. The second kappa shape index (κ2) is 14.2. The molecule has 0 unspecified atom stereocenters. The molecule has 0 saturated carbocycles. The number of carbonyl (C=O) groups excluding carboxylic acids is 5. The van der Waals surface area contributed by atoms with Crippen LogP contribution in [0.15, 0.2) is 17.5 Å². The molecule has 2 rings (SSSR count). The summed E-state index contributed by atoms with van der Waals surface area (Å²) >= 11 is 2.43. The number of esters is 1. The van der Waals surface area contributed by atoms with E-state index in [1.165, 1.54) is 36.9 Å². The van der Waals surface area contributed by atoms with Gasteiger partial charge in [-0.1, -0.05) is 31.7 Å². The molecule has 0 aliphatic carbocycles. The summed E-state index contributed by atoms with van der Waals surface area (Å²) < 4.78 is 5.69. The molecule has 0 saturated heterocycles. The first-order valence-electron chi connectivity index (χ1n) is 13.1. The van der Waals surface area contributed by atoms with E-state index in [0.717, 1.165) is 0 Å². The first-order chi connectivity index (χ1) is 18.5. The van der Waals surface area contributed by atoms with Crippen molar-refractivity contribution in [3.05, 3.63) is 28.2 Å². The number of hydrogen-bond acceptors (Lipinski definition) is 10. The summed E-state index contributed by atoms with van der Waals surface area (Å²) in [6.45, 7) is 10.4. The van der Waals surface area contributed by atoms with E-state index in [-0.39, 0.29) is 35.6 Å². The number of likely N-dealkylation sites (N-methyl/N-ethyl adjacent to an activating group) is 1. The highest BCUT2D eigenvalue weighted by molar-refractivity contribution is 8.13. The zero-order chi connectivity index (χ0) is 30.3. The van der Waals surface area contributed by atoms with Crippen molar-refractivity contribution >= 4 is 51.9 Å². The lowest BCUT2D eigenvalue weighted by atomic mass is 9.99. The Balaban J connectivity index is 2.22. The van der Waals surface area contributed by atoms with Gasteiger partial charge < -0.3 is 20.7 Å². The highest BCUT2D eigenvalue weighted by Gasteiger charge is 2.36. The van der Waals surface area contributed by atoms with Crippen LogP contribution in [0.3, 0.4) is 0 Å². The number of aromatic nitrogens is 1. The highest BCUT2D eigenvalue weighted by atomic mass is 32.2. The number of thioether (sulfide) groups is 1. The summed E-state index contributed by atoms with van der Waals surface area (Å²) in [6, 6.07) is -1.01. The second-order valence-electron chi connectivity index (χ2n) is 11.2. The monoisotopic (exact) mass is 595 g/mol. The maximum Gasteiger partial charge on any atom is 0.329 e. The van der Waals surface area contributed by atoms with E-state index in [0.29, 0.717) is 17.2 Å². The SMILES string of the molecule is CC(C)[C@@H]1NC(=O)C(C)(C)NC(=O)c2csc(n2)CNC(=O)C[C@@H](/C=C/CCSC(=O)C(C)(C)N(C)C)OC1=O. The average molecular weight is 596 g/mol. The molecule has 1 aromatic heterocycles. The van der Waals surface area contributed by atoms with Crippen molar-refractivity contribution in [3.8, 4) is 0 Å². The maximum absolute atomic E-state index is 13.2. The molecule has 3 N–H and O–H groups in total. The molecule has 1 aromatic rings. The molecule has 222 valence electrons. The molecule has 0 radical (unpaired) electrons. The summed E-state index contributed by atoms with van der Waals surface area (Å²) in [6.07, 6.45) is 2.90. The molecular weight excluding hydrogens is 554 g/mol. The van der Waals surface area contributed by atoms with Crippen molar-refractivity contribution in [2.24, 2.45) is 5.92 Å². The molecule has 2 atom stereocenters. The quantitative estimate of drug-likeness (QED) is 0.245. The lowest BCUT2D eigenvalue weighted by Gasteiger charge is -2.30. The molecule has 1 aliphatic heterocycles. The first kappa shape index (κ1) is 33.4. The number of ether oxygens (including phenoxy) is 1. The molecule has 2 bridgehead atoms. The number of allylic oxidation sites excluding steroid dienone is 1. The van der Waals surface area contributed by atoms with Crippen LogP contribution in [0.1, 0.15) is 69.9 Å². The third-order valence-corrected chi connectivity index (χ3v) is 8.61. The van der Waals surface area contributed by atoms with E-state index in [1.54, 1.807) is 31.4 Å². The predicted octanol–water partition coefficient (Wildman–Crippen LogP) is 2.27. The van der Waals surface area contributed by atoms with E-state index in [2.05, 4.69) is 20.9 Å². The van der Waals surface area contributed by atoms with Gasteiger partial charge in [-0.3, -0.25) is 24.1 Å². The van der Waals surface area contributed by atoms with Gasteiger partial charge in [0.05, 0.1) is 18.5 Å². The van der Waals surface area contributed by atoms with E-state index in [4.69, 9.17) is 4.74 Å². The van der Waals surface area contributed by atoms with Gasteiger partial charge in [0.15, 0.2) is 0 Å². The molecule has 2 heterocycles. The molecule has 0 fully saturated rings. The largest absolute Gasteiger partial charge is 0.456 e. The maximum atomic E-state index is 13.2. The molecule has 1 aliphatic rings. The molecule has 3 amide bonds. The summed E-state index contributed by atoms with van der Waals surface area (Å²) in [7, 11) is 3.71. The van der Waals surface area contributed by atoms with Crippen LogP contribution in [0.5, 0.6) is 0 Å². The van der Waals surface area contributed by atoms with Crippen molar-refractivity contribution in [1.29, 1.82) is 0 Å². The highest BCUT2D eigenvalue weighted by Crippen LogP contribution is 2.21. The molecule has 0 spiro atoms. The van der Waals surface area contributed by atoms with Gasteiger partial charge in [-0.05, 0) is 60.2 Å². The summed E-state index contributed by atoms with van der Waals surface area (Å²) in [4.78, 5) is 70.3. The minimum Gasteiger partial charge on any atom is -0.456 e. The molecule has 11 nitrogen and oxygen atoms in total. The predicted molar refractivity (Wildman–Crippen MR) is 156 cm³/mol. The van der Waals surface area contributed by atoms with E-state index >= 15 is 0 Å². The Bertz CT molecular complexity index is 1130. The van der Waals surface area contributed by atoms with E-state index < -0.39 is 41.0 Å². The Morgan fingerprint density at radius 3 is 2.58 bits per heavy atom. The number of carbonyl (C=O) groups is 5. The van der Waals surface area contributed by atoms with Gasteiger partial charge in [0.25, 0.3) is 5.91 Å². The van der Waals surface area contributed by atoms with Crippen LogP contribution >= 0.6 is 23.1 Å². The number of amides is 3. The number of nitrogens with one attached hydrogen (secondary N) is 3. The Kier molecular flexibility index (Phi) is 11.9. The fourth-order valence-corrected chi connectivity index (χ4v) is 5.04. The topological polar surface area (TPSA) is 147 Å². The molecule has 0 aromatic carbocycles. The minimum absolute atomic E-state index is 0.0430. The van der Waals surface area contributed by atoms with Crippen LogP contribution in [-0.4, -0.2) is 81.8 Å². The van der Waals surface area contributed by atoms with Gasteiger partial charge in [-0.25, -0.2) is 9.78 Å². The van der Waals surface area contributed by atoms with Crippen LogP contribution in [0.2, 0.25) is 0 Å². The van der Waals surface area contributed by atoms with Crippen molar-refractivity contribution in [1.82, 2.24) is 25.8 Å². The van der Waals surface area contributed by atoms with Crippen LogP contribution in [-0.2, 0) is 30.5 Å². The summed E-state index contributed by atoms with van der Waals surface area (Å²) in [5.74, 6) is -1.98. The standard InChI is InChI=1S/C27H41N5O6S2/c1-16(2)21-23(35)38-17(11-9-10-12-39-25(37)27(5,6)32(7)8)13-19(33)28-14-20-29-18(15-40-20)22(34)31-26(3,4)24(36)30-21/h9,11,15-17,21H,10,12-14H2,1-8H3,(H,28,33)(H,30,36)(H,31,34)/b11-9+/t17-,21+/m1/s1. The third kappa shape index (κ3) is 9.41. The fourth-order valence-electron chi connectivity index (χ4n) is 3.35. The van der Waals surface area contributed by atoms with Crippen LogP contribution in [0, 0.1) is 5.92 Å². The molecule has 40 heavy (non-hydrogen) atoms. The first-order valence-corrected chi connectivity index (χ1v) is 15.0. The van der Waals surface area contributed by atoms with Gasteiger partial charge in [0.2, 0.25) is 16.9 Å². The summed E-state index contributed by atoms with van der Waals surface area (Å²) in [5, 5.41) is 10.2. The minimum atomic E-state index is -1.34. The van der Waals surface area contributed by atoms with Crippen LogP contribution < -0.4 is 16.0 Å². The number of cyclic esters (lactones) is 1. The lowest BCUT2D eigenvalue weighted by molar-refractivity contribution is -0.153. The smallest absolute Gasteiger partial charge is 0.329 e. The van der Waals surface area contributed by atoms with Crippen LogP contribution in [0.25, 0.3) is 0 Å². The van der Waals surface area contributed by atoms with Gasteiger partial charge in [-0.15, -0.1) is 11.3 Å². The molecule has 13 heteroatoms. The average Bonchev–Trinajstić information content (AvgIpc) is 3.33. The fraction of sp³-hybridized carbons (Fsp3) is 0.630. The Morgan fingerprint density at radius 1 is 1.27 bits per heavy atom. The Hall–Kier alpha value is -2.77. The zero-order valence-corrected chi connectivity index (χ0v) is 26.1. The molecular formula is C27H41N5O6S2. The van der Waals surface area contributed by atoms with Gasteiger partial charge in [0.1, 0.15) is 28.4 Å². The summed E-state index contributed by atoms with van der Waals surface area (Å²) in [5.41, 5.74) is -1.81. The Morgan fingerprint density at radius 2 is 1.95 bits per heavy atom. The van der Waals surface area contributed by atoms with Crippen molar-refractivity contribution < 1.29 is 28.7 Å². The number of nitrogens with zero attached hydrogens (tertiary/aromatic N) is 2. The van der Waals surface area contributed by atoms with Crippen molar-refractivity contribution in [2.75, 3.05) is 19.8 Å². The van der Waals surface area contributed by atoms with Crippen LogP contribution in [0.4, 0.5) is 0 Å². The van der Waals surface area contributed by atoms with Crippen molar-refractivity contribution in [2.45, 2.75) is 84.2 Å². The number of rotatable bonds is 7. The van der Waals surface area contributed by atoms with Gasteiger partial charge in [-0.2, -0.15) is 0 Å². The third-order valence-electron chi connectivity index (χ3n) is 6.56. The van der Waals surface area contributed by atoms with Crippen molar-refractivity contribution in [3.63, 3.8) is 0 Å². The van der Waals surface area contributed by atoms with E-state index in [1.807, 2.05) is 32.8 Å². The number of thiazole rings is 1. The lowest BCUT2D eigenvalue weighted by Crippen LogP contribution is -2.59. The van der Waals surface area contributed by atoms with E-state index in [9.17, 15) is 24.0 Å². The second-order valence-corrected chi connectivity index (χ2v) is 13.2.